The Bertz CT molecular complexity index is 682. The van der Waals surface area contributed by atoms with E-state index in [0.29, 0.717) is 12.1 Å². The van der Waals surface area contributed by atoms with Crippen LogP contribution < -0.4 is 10.6 Å². The molecule has 0 unspecified atom stereocenters. The van der Waals surface area contributed by atoms with Gasteiger partial charge in [0, 0.05) is 12.8 Å². The second-order valence-electron chi connectivity index (χ2n) is 4.75. The number of nitrogens with one attached hydrogen (secondary N) is 2. The molecule has 3 amide bonds. The second kappa shape index (κ2) is 8.28. The van der Waals surface area contributed by atoms with E-state index in [2.05, 4.69) is 5.32 Å². The number of urea groups is 1. The summed E-state index contributed by atoms with van der Waals surface area (Å²) in [5, 5.41) is 4.35. The van der Waals surface area contributed by atoms with Gasteiger partial charge in [-0.1, -0.05) is 12.1 Å². The molecule has 0 saturated heterocycles. The first-order chi connectivity index (χ1) is 10.7. The highest BCUT2D eigenvalue weighted by molar-refractivity contribution is 7.89. The van der Waals surface area contributed by atoms with Crippen molar-refractivity contribution in [3.63, 3.8) is 0 Å². The molecular weight excluding hydrogens is 324 g/mol. The molecule has 0 radical (unpaired) electrons. The summed E-state index contributed by atoms with van der Waals surface area (Å²) in [6.45, 7) is 1.46. The predicted molar refractivity (Wildman–Crippen MR) is 82.5 cm³/mol. The van der Waals surface area contributed by atoms with E-state index in [4.69, 9.17) is 4.74 Å². The Kier molecular flexibility index (Phi) is 6.70. The van der Waals surface area contributed by atoms with Crippen molar-refractivity contribution in [3.8, 4) is 0 Å². The van der Waals surface area contributed by atoms with Crippen LogP contribution in [-0.4, -0.2) is 45.7 Å². The van der Waals surface area contributed by atoms with Gasteiger partial charge in [0.05, 0.1) is 11.3 Å². The third kappa shape index (κ3) is 7.41. The molecule has 0 atom stereocenters. The van der Waals surface area contributed by atoms with Gasteiger partial charge in [0.2, 0.25) is 0 Å². The minimum atomic E-state index is -3.16. The fraction of sp³-hybridized carbons (Fsp3) is 0.357. The van der Waals surface area contributed by atoms with Crippen LogP contribution in [0.2, 0.25) is 0 Å². The number of sulfone groups is 1. The lowest BCUT2D eigenvalue weighted by Gasteiger charge is -2.06. The average molecular weight is 342 g/mol. The van der Waals surface area contributed by atoms with Gasteiger partial charge in [-0.3, -0.25) is 10.1 Å². The van der Waals surface area contributed by atoms with E-state index in [9.17, 15) is 22.8 Å². The van der Waals surface area contributed by atoms with Gasteiger partial charge in [-0.25, -0.2) is 18.0 Å². The molecule has 0 bridgehead atoms. The van der Waals surface area contributed by atoms with E-state index < -0.39 is 34.4 Å². The summed E-state index contributed by atoms with van der Waals surface area (Å²) in [6.07, 6.45) is 1.11. The summed E-state index contributed by atoms with van der Waals surface area (Å²) in [5.74, 6) is -1.63. The highest BCUT2D eigenvalue weighted by atomic mass is 32.2. The Morgan fingerprint density at radius 1 is 1.13 bits per heavy atom. The lowest BCUT2D eigenvalue weighted by atomic mass is 10.1. The maximum absolute atomic E-state index is 11.7. The minimum Gasteiger partial charge on any atom is -0.452 e. The Balaban J connectivity index is 2.52. The van der Waals surface area contributed by atoms with E-state index in [1.54, 1.807) is 6.92 Å². The number of ether oxygens (including phenoxy) is 1. The van der Waals surface area contributed by atoms with E-state index in [1.807, 2.05) is 5.32 Å². The van der Waals surface area contributed by atoms with Crippen LogP contribution in [0.4, 0.5) is 4.79 Å². The van der Waals surface area contributed by atoms with Gasteiger partial charge in [0.15, 0.2) is 16.4 Å². The van der Waals surface area contributed by atoms with Crippen molar-refractivity contribution in [1.29, 1.82) is 0 Å². The van der Waals surface area contributed by atoms with Crippen molar-refractivity contribution >= 4 is 27.7 Å². The van der Waals surface area contributed by atoms with Crippen LogP contribution in [-0.2, 0) is 25.1 Å². The molecule has 8 nitrogen and oxygen atoms in total. The standard InChI is InChI=1S/C14H18N2O6S/c1-3-15-14(19)16-12(17)8-22-13(18)11-6-4-10(5-7-11)9-23(2,20)21/h4-7H,3,8-9H2,1-2H3,(H2,15,16,17,19). The van der Waals surface area contributed by atoms with Crippen LogP contribution in [0.3, 0.4) is 0 Å². The van der Waals surface area contributed by atoms with Crippen molar-refractivity contribution in [2.75, 3.05) is 19.4 Å². The maximum atomic E-state index is 11.7. The molecular formula is C14H18N2O6S. The zero-order chi connectivity index (χ0) is 17.5. The Hall–Kier alpha value is -2.42. The zero-order valence-electron chi connectivity index (χ0n) is 12.8. The minimum absolute atomic E-state index is 0.128. The first-order valence-corrected chi connectivity index (χ1v) is 8.79. The largest absolute Gasteiger partial charge is 0.452 e. The Morgan fingerprint density at radius 2 is 1.74 bits per heavy atom. The normalized spacial score (nSPS) is 10.7. The first kappa shape index (κ1) is 18.6. The van der Waals surface area contributed by atoms with Gasteiger partial charge < -0.3 is 10.1 Å². The number of carbonyl (C=O) groups excluding carboxylic acids is 3. The van der Waals surface area contributed by atoms with Crippen LogP contribution in [0.1, 0.15) is 22.8 Å². The van der Waals surface area contributed by atoms with E-state index in [0.717, 1.165) is 6.26 Å². The quantitative estimate of drug-likeness (QED) is 0.715. The summed E-state index contributed by atoms with van der Waals surface area (Å²) in [6, 6.07) is 5.13. The summed E-state index contributed by atoms with van der Waals surface area (Å²) in [5.41, 5.74) is 0.714. The summed E-state index contributed by atoms with van der Waals surface area (Å²) >= 11 is 0. The first-order valence-electron chi connectivity index (χ1n) is 6.72. The number of hydrogen-bond donors (Lipinski definition) is 2. The van der Waals surface area contributed by atoms with E-state index >= 15 is 0 Å². The average Bonchev–Trinajstić information content (AvgIpc) is 2.44. The highest BCUT2D eigenvalue weighted by Gasteiger charge is 2.12. The van der Waals surface area contributed by atoms with Crippen molar-refractivity contribution in [2.45, 2.75) is 12.7 Å². The number of amides is 3. The number of esters is 1. The van der Waals surface area contributed by atoms with Gasteiger partial charge in [-0.05, 0) is 24.6 Å². The van der Waals surface area contributed by atoms with Crippen LogP contribution >= 0.6 is 0 Å². The Morgan fingerprint density at radius 3 is 2.26 bits per heavy atom. The van der Waals surface area contributed by atoms with Gasteiger partial charge in [0.1, 0.15) is 0 Å². The highest BCUT2D eigenvalue weighted by Crippen LogP contribution is 2.09. The number of hydrogen-bond acceptors (Lipinski definition) is 6. The molecule has 0 aromatic heterocycles. The molecule has 0 heterocycles. The Labute approximate surface area is 134 Å². The molecule has 1 aromatic carbocycles. The predicted octanol–water partition coefficient (Wildman–Crippen LogP) is 0.234. The third-order valence-corrected chi connectivity index (χ3v) is 3.40. The van der Waals surface area contributed by atoms with E-state index in [-0.39, 0.29) is 11.3 Å². The molecule has 0 aliphatic rings. The van der Waals surface area contributed by atoms with Crippen molar-refractivity contribution < 1.29 is 27.5 Å². The van der Waals surface area contributed by atoms with Crippen LogP contribution in [0.25, 0.3) is 0 Å². The zero-order valence-corrected chi connectivity index (χ0v) is 13.6. The molecule has 9 heteroatoms. The fourth-order valence-corrected chi connectivity index (χ4v) is 2.42. The van der Waals surface area contributed by atoms with Gasteiger partial charge in [0.25, 0.3) is 5.91 Å². The maximum Gasteiger partial charge on any atom is 0.338 e. The van der Waals surface area contributed by atoms with Gasteiger partial charge in [-0.15, -0.1) is 0 Å². The SMILES string of the molecule is CCNC(=O)NC(=O)COC(=O)c1ccc(CS(C)(=O)=O)cc1. The lowest BCUT2D eigenvalue weighted by Crippen LogP contribution is -2.41. The molecule has 0 spiro atoms. The number of benzene rings is 1. The molecule has 0 aliphatic heterocycles. The molecule has 23 heavy (non-hydrogen) atoms. The van der Waals surface area contributed by atoms with Crippen molar-refractivity contribution in [2.24, 2.45) is 0 Å². The van der Waals surface area contributed by atoms with Gasteiger partial charge >= 0.3 is 12.0 Å². The fourth-order valence-electron chi connectivity index (χ4n) is 1.62. The smallest absolute Gasteiger partial charge is 0.338 e. The molecule has 126 valence electrons. The van der Waals surface area contributed by atoms with Crippen molar-refractivity contribution in [1.82, 2.24) is 10.6 Å². The van der Waals surface area contributed by atoms with Crippen LogP contribution in [0, 0.1) is 0 Å². The number of carbonyl (C=O) groups is 3. The molecule has 0 saturated carbocycles. The van der Waals surface area contributed by atoms with Crippen molar-refractivity contribution in [3.05, 3.63) is 35.4 Å². The van der Waals surface area contributed by atoms with E-state index in [1.165, 1.54) is 24.3 Å². The van der Waals surface area contributed by atoms with Crippen LogP contribution in [0.5, 0.6) is 0 Å². The summed E-state index contributed by atoms with van der Waals surface area (Å²) in [7, 11) is -3.16. The number of rotatable bonds is 6. The lowest BCUT2D eigenvalue weighted by molar-refractivity contribution is -0.123. The summed E-state index contributed by atoms with van der Waals surface area (Å²) < 4.78 is 27.1. The number of imide groups is 1. The monoisotopic (exact) mass is 342 g/mol. The molecule has 1 aromatic rings. The molecule has 2 N–H and O–H groups in total. The van der Waals surface area contributed by atoms with Crippen LogP contribution in [0.15, 0.2) is 24.3 Å². The summed E-state index contributed by atoms with van der Waals surface area (Å²) in [4.78, 5) is 34.2. The molecule has 0 aliphatic carbocycles. The topological polar surface area (TPSA) is 119 Å². The third-order valence-electron chi connectivity index (χ3n) is 2.54. The van der Waals surface area contributed by atoms with Gasteiger partial charge in [-0.2, -0.15) is 0 Å². The molecule has 0 fully saturated rings. The second-order valence-corrected chi connectivity index (χ2v) is 6.89. The molecule has 1 rings (SSSR count).